The van der Waals surface area contributed by atoms with Crippen LogP contribution in [0.25, 0.3) is 0 Å². The van der Waals surface area contributed by atoms with E-state index in [9.17, 15) is 9.59 Å². The molecule has 0 aromatic carbocycles. The van der Waals surface area contributed by atoms with Crippen molar-refractivity contribution in [3.05, 3.63) is 0 Å². The molecule has 0 aromatic rings. The van der Waals surface area contributed by atoms with Gasteiger partial charge in [0.2, 0.25) is 0 Å². The van der Waals surface area contributed by atoms with Gasteiger partial charge in [-0.3, -0.25) is 9.59 Å². The zero-order chi connectivity index (χ0) is 24.6. The second-order valence-electron chi connectivity index (χ2n) is 9.10. The van der Waals surface area contributed by atoms with Gasteiger partial charge in [-0.25, -0.2) is 0 Å². The van der Waals surface area contributed by atoms with Crippen LogP contribution in [0.2, 0.25) is 0 Å². The number of rotatable bonds is 24. The molecule has 0 bridgehead atoms. The van der Waals surface area contributed by atoms with Gasteiger partial charge in [-0.05, 0) is 25.7 Å². The Morgan fingerprint density at radius 3 is 0.909 bits per heavy atom. The second kappa shape index (κ2) is 25.0. The number of carbonyl (C=O) groups excluding carboxylic acids is 2. The van der Waals surface area contributed by atoms with E-state index in [-0.39, 0.29) is 21.6 Å². The lowest BCUT2D eigenvalue weighted by atomic mass is 10.0. The van der Waals surface area contributed by atoms with Crippen LogP contribution in [0.5, 0.6) is 0 Å². The molecule has 2 unspecified atom stereocenters. The number of alkyl halides is 2. The van der Waals surface area contributed by atoms with Crippen molar-refractivity contribution in [1.29, 1.82) is 0 Å². The number of unbranched alkanes of at least 4 members (excludes halogenated alkanes) is 16. The number of esters is 2. The smallest absolute Gasteiger partial charge is 0.319 e. The zero-order valence-corrected chi connectivity index (χ0v) is 24.6. The van der Waals surface area contributed by atoms with Gasteiger partial charge in [-0.1, -0.05) is 142 Å². The second-order valence-corrected chi connectivity index (χ2v) is 11.3. The molecule has 0 fully saturated rings. The summed E-state index contributed by atoms with van der Waals surface area (Å²) in [5.41, 5.74) is 0. The monoisotopic (exact) mass is 596 g/mol. The summed E-state index contributed by atoms with van der Waals surface area (Å²) in [5, 5.41) is 0. The Hall–Kier alpha value is -0.100. The number of ether oxygens (including phenoxy) is 2. The molecule has 0 amide bonds. The Balaban J connectivity index is 3.16. The third-order valence-corrected chi connectivity index (χ3v) is 8.05. The molecule has 6 heteroatoms. The third-order valence-electron chi connectivity index (χ3n) is 6.01. The first-order chi connectivity index (χ1) is 16.0. The molecule has 0 aliphatic heterocycles. The van der Waals surface area contributed by atoms with E-state index in [1.807, 2.05) is 13.8 Å². The topological polar surface area (TPSA) is 52.6 Å². The highest BCUT2D eigenvalue weighted by Crippen LogP contribution is 2.15. The largest absolute Gasteiger partial charge is 0.465 e. The molecule has 0 aromatic heterocycles. The first kappa shape index (κ1) is 32.9. The Kier molecular flexibility index (Phi) is 24.9. The fourth-order valence-electron chi connectivity index (χ4n) is 3.72. The van der Waals surface area contributed by atoms with Crippen molar-refractivity contribution >= 4 is 43.8 Å². The molecule has 196 valence electrons. The van der Waals surface area contributed by atoms with Crippen molar-refractivity contribution in [3.63, 3.8) is 0 Å². The first-order valence-corrected chi connectivity index (χ1v) is 15.5. The Morgan fingerprint density at radius 1 is 0.485 bits per heavy atom. The van der Waals surface area contributed by atoms with Crippen molar-refractivity contribution in [3.8, 4) is 0 Å². The van der Waals surface area contributed by atoms with E-state index in [1.54, 1.807) is 0 Å². The van der Waals surface area contributed by atoms with Crippen LogP contribution in [0, 0.1) is 0 Å². The van der Waals surface area contributed by atoms with E-state index in [0.29, 0.717) is 13.2 Å². The highest BCUT2D eigenvalue weighted by atomic mass is 79.9. The van der Waals surface area contributed by atoms with Crippen molar-refractivity contribution in [2.24, 2.45) is 0 Å². The molecule has 0 saturated heterocycles. The molecular weight excluding hydrogens is 548 g/mol. The summed E-state index contributed by atoms with van der Waals surface area (Å²) in [6, 6.07) is 0. The maximum absolute atomic E-state index is 11.5. The molecule has 2 atom stereocenters. The van der Waals surface area contributed by atoms with Crippen molar-refractivity contribution in [2.45, 2.75) is 145 Å². The number of hydrogen-bond donors (Lipinski definition) is 0. The summed E-state index contributed by atoms with van der Waals surface area (Å²) in [7, 11) is 0. The zero-order valence-electron chi connectivity index (χ0n) is 21.4. The van der Waals surface area contributed by atoms with Crippen LogP contribution < -0.4 is 0 Å². The highest BCUT2D eigenvalue weighted by Gasteiger charge is 2.13. The molecule has 0 N–H and O–H groups in total. The molecule has 4 nitrogen and oxygen atoms in total. The van der Waals surface area contributed by atoms with Crippen LogP contribution in [-0.2, 0) is 19.1 Å². The number of carbonyl (C=O) groups is 2. The molecule has 0 aliphatic rings. The summed E-state index contributed by atoms with van der Waals surface area (Å²) in [6.45, 7) is 5.08. The molecule has 0 spiro atoms. The Bertz CT molecular complexity index is 419. The summed E-state index contributed by atoms with van der Waals surface area (Å²) in [5.74, 6) is -0.241. The normalized spacial score (nSPS) is 13.0. The first-order valence-electron chi connectivity index (χ1n) is 13.6. The molecule has 0 radical (unpaired) electrons. The van der Waals surface area contributed by atoms with Crippen molar-refractivity contribution < 1.29 is 19.1 Å². The van der Waals surface area contributed by atoms with Crippen LogP contribution in [0.3, 0.4) is 0 Å². The molecule has 0 rings (SSSR count). The van der Waals surface area contributed by atoms with Gasteiger partial charge in [0, 0.05) is 0 Å². The van der Waals surface area contributed by atoms with Gasteiger partial charge in [0.05, 0.1) is 13.2 Å². The van der Waals surface area contributed by atoms with E-state index < -0.39 is 0 Å². The summed E-state index contributed by atoms with van der Waals surface area (Å²) in [4.78, 5) is 22.8. The molecule has 0 saturated carbocycles. The summed E-state index contributed by atoms with van der Waals surface area (Å²) in [6.07, 6.45) is 23.3. The molecule has 0 heterocycles. The van der Waals surface area contributed by atoms with Gasteiger partial charge in [-0.15, -0.1) is 0 Å². The SMILES string of the molecule is CCC(Br)C(=O)OCCCCCCCCCCCCCCCCCCCOC(=O)C(Br)CC. The van der Waals surface area contributed by atoms with E-state index in [4.69, 9.17) is 9.47 Å². The van der Waals surface area contributed by atoms with Crippen molar-refractivity contribution in [2.75, 3.05) is 13.2 Å². The summed E-state index contributed by atoms with van der Waals surface area (Å²) < 4.78 is 10.5. The van der Waals surface area contributed by atoms with Crippen LogP contribution in [0.1, 0.15) is 136 Å². The van der Waals surface area contributed by atoms with Crippen LogP contribution in [-0.4, -0.2) is 34.8 Å². The number of halogens is 2. The highest BCUT2D eigenvalue weighted by molar-refractivity contribution is 9.10. The maximum atomic E-state index is 11.5. The maximum Gasteiger partial charge on any atom is 0.319 e. The van der Waals surface area contributed by atoms with Gasteiger partial charge in [0.1, 0.15) is 9.65 Å². The minimum Gasteiger partial charge on any atom is -0.465 e. The van der Waals surface area contributed by atoms with Crippen molar-refractivity contribution in [1.82, 2.24) is 0 Å². The average Bonchev–Trinajstić information content (AvgIpc) is 2.83. The number of hydrogen-bond acceptors (Lipinski definition) is 4. The minimum absolute atomic E-state index is 0.121. The van der Waals surface area contributed by atoms with E-state index in [1.165, 1.54) is 83.5 Å². The standard InChI is InChI=1S/C27H50Br2O4/c1-3-24(28)26(30)32-22-20-18-16-14-12-10-8-6-5-7-9-11-13-15-17-19-21-23-33-27(31)25(29)4-2/h24-25H,3-23H2,1-2H3. The lowest BCUT2D eigenvalue weighted by molar-refractivity contribution is -0.143. The van der Waals surface area contributed by atoms with Gasteiger partial charge < -0.3 is 9.47 Å². The lowest BCUT2D eigenvalue weighted by Crippen LogP contribution is -2.16. The minimum atomic E-state index is -0.147. The van der Waals surface area contributed by atoms with E-state index >= 15 is 0 Å². The molecular formula is C27H50Br2O4. The van der Waals surface area contributed by atoms with Crippen LogP contribution >= 0.6 is 31.9 Å². The quantitative estimate of drug-likeness (QED) is 0.0632. The van der Waals surface area contributed by atoms with E-state index in [2.05, 4.69) is 31.9 Å². The predicted molar refractivity (Wildman–Crippen MR) is 146 cm³/mol. The Morgan fingerprint density at radius 2 is 0.697 bits per heavy atom. The summed E-state index contributed by atoms with van der Waals surface area (Å²) >= 11 is 6.64. The Labute approximate surface area is 221 Å². The van der Waals surface area contributed by atoms with Crippen LogP contribution in [0.4, 0.5) is 0 Å². The predicted octanol–water partition coefficient (Wildman–Crippen LogP) is 9.05. The van der Waals surface area contributed by atoms with Gasteiger partial charge in [0.15, 0.2) is 0 Å². The lowest BCUT2D eigenvalue weighted by Gasteiger charge is -2.08. The van der Waals surface area contributed by atoms with E-state index in [0.717, 1.165) is 38.5 Å². The molecule has 33 heavy (non-hydrogen) atoms. The third kappa shape index (κ3) is 22.1. The van der Waals surface area contributed by atoms with Gasteiger partial charge >= 0.3 is 11.9 Å². The average molecular weight is 599 g/mol. The van der Waals surface area contributed by atoms with Gasteiger partial charge in [0.25, 0.3) is 0 Å². The molecule has 0 aliphatic carbocycles. The fourth-order valence-corrected chi connectivity index (χ4v) is 3.98. The van der Waals surface area contributed by atoms with Crippen LogP contribution in [0.15, 0.2) is 0 Å². The fraction of sp³-hybridized carbons (Fsp3) is 0.926. The van der Waals surface area contributed by atoms with Gasteiger partial charge in [-0.2, -0.15) is 0 Å².